The molecule has 0 aliphatic heterocycles. The van der Waals surface area contributed by atoms with Gasteiger partial charge in [0.1, 0.15) is 0 Å². The molecule has 2 nitrogen and oxygen atoms in total. The maximum atomic E-state index is 10.7. The van der Waals surface area contributed by atoms with Crippen LogP contribution < -0.4 is 5.56 Å². The first-order valence-corrected chi connectivity index (χ1v) is 4.27. The predicted octanol–water partition coefficient (Wildman–Crippen LogP) is 2.02. The lowest BCUT2D eigenvalue weighted by Crippen LogP contribution is -2.01. The van der Waals surface area contributed by atoms with E-state index in [0.29, 0.717) is 5.88 Å². The van der Waals surface area contributed by atoms with Crippen molar-refractivity contribution in [2.75, 3.05) is 5.88 Å². The van der Waals surface area contributed by atoms with E-state index in [1.54, 1.807) is 12.3 Å². The smallest absolute Gasteiger partial charge is 0.247 e. The summed E-state index contributed by atoms with van der Waals surface area (Å²) in [6.07, 6.45) is 6.42. The van der Waals surface area contributed by atoms with E-state index < -0.39 is 0 Å². The van der Waals surface area contributed by atoms with Crippen molar-refractivity contribution >= 4 is 17.7 Å². The normalized spacial score (nSPS) is 10.8. The van der Waals surface area contributed by atoms with E-state index >= 15 is 0 Å². The van der Waals surface area contributed by atoms with Crippen molar-refractivity contribution in [1.29, 1.82) is 0 Å². The summed E-state index contributed by atoms with van der Waals surface area (Å²) < 4.78 is 0. The van der Waals surface area contributed by atoms with Gasteiger partial charge in [0.25, 0.3) is 0 Å². The van der Waals surface area contributed by atoms with Crippen LogP contribution in [0.4, 0.5) is 0 Å². The fraction of sp³-hybridized carbons (Fsp3) is 0.222. The van der Waals surface area contributed by atoms with Gasteiger partial charge in [0.05, 0.1) is 0 Å². The van der Waals surface area contributed by atoms with Gasteiger partial charge in [0, 0.05) is 18.1 Å². The van der Waals surface area contributed by atoms with E-state index in [0.717, 1.165) is 12.0 Å². The molecule has 3 heteroatoms. The molecule has 1 rings (SSSR count). The van der Waals surface area contributed by atoms with Gasteiger partial charge in [-0.2, -0.15) is 0 Å². The number of allylic oxidation sites excluding steroid dienone is 1. The average molecular weight is 184 g/mol. The minimum atomic E-state index is -0.0792. The van der Waals surface area contributed by atoms with Gasteiger partial charge >= 0.3 is 0 Å². The highest BCUT2D eigenvalue weighted by Gasteiger charge is 1.84. The van der Waals surface area contributed by atoms with Gasteiger partial charge in [-0.3, -0.25) is 4.79 Å². The number of rotatable bonds is 3. The second kappa shape index (κ2) is 4.78. The fourth-order valence-corrected chi connectivity index (χ4v) is 0.935. The minimum absolute atomic E-state index is 0.0792. The highest BCUT2D eigenvalue weighted by molar-refractivity contribution is 6.17. The van der Waals surface area contributed by atoms with Crippen LogP contribution in [-0.4, -0.2) is 10.9 Å². The molecule has 12 heavy (non-hydrogen) atoms. The van der Waals surface area contributed by atoms with Crippen LogP contribution in [-0.2, 0) is 0 Å². The number of alkyl halides is 1. The highest BCUT2D eigenvalue weighted by Crippen LogP contribution is 1.98. The predicted molar refractivity (Wildman–Crippen MR) is 51.4 cm³/mol. The molecule has 0 aliphatic rings. The molecular weight excluding hydrogens is 174 g/mol. The van der Waals surface area contributed by atoms with E-state index in [4.69, 9.17) is 11.6 Å². The van der Waals surface area contributed by atoms with Crippen LogP contribution in [0.3, 0.4) is 0 Å². The summed E-state index contributed by atoms with van der Waals surface area (Å²) in [7, 11) is 0. The first kappa shape index (κ1) is 9.07. The summed E-state index contributed by atoms with van der Waals surface area (Å²) in [6.45, 7) is 0. The maximum absolute atomic E-state index is 10.7. The second-order valence-electron chi connectivity index (χ2n) is 2.37. The molecule has 0 fully saturated rings. The quantitative estimate of drug-likeness (QED) is 0.715. The molecule has 0 unspecified atom stereocenters. The topological polar surface area (TPSA) is 32.9 Å². The lowest BCUT2D eigenvalue weighted by molar-refractivity contribution is 1.22. The van der Waals surface area contributed by atoms with E-state index in [-0.39, 0.29) is 5.56 Å². The minimum Gasteiger partial charge on any atom is -0.329 e. The third-order valence-corrected chi connectivity index (χ3v) is 1.61. The van der Waals surface area contributed by atoms with Crippen molar-refractivity contribution in [2.45, 2.75) is 6.42 Å². The van der Waals surface area contributed by atoms with Crippen LogP contribution in [0.2, 0.25) is 0 Å². The SMILES string of the molecule is O=c1ccc(C=CCCCl)c[nH]1. The summed E-state index contributed by atoms with van der Waals surface area (Å²) in [4.78, 5) is 13.2. The van der Waals surface area contributed by atoms with Crippen LogP contribution in [0, 0.1) is 0 Å². The average Bonchev–Trinajstić information content (AvgIpc) is 2.09. The molecule has 0 aliphatic carbocycles. The Morgan fingerprint density at radius 3 is 2.92 bits per heavy atom. The second-order valence-corrected chi connectivity index (χ2v) is 2.74. The molecular formula is C9H10ClNO. The Kier molecular flexibility index (Phi) is 3.61. The Morgan fingerprint density at radius 1 is 1.50 bits per heavy atom. The van der Waals surface area contributed by atoms with Gasteiger partial charge in [-0.1, -0.05) is 12.2 Å². The lowest BCUT2D eigenvalue weighted by Gasteiger charge is -1.89. The Labute approximate surface area is 75.9 Å². The van der Waals surface area contributed by atoms with Crippen molar-refractivity contribution in [3.8, 4) is 0 Å². The third kappa shape index (κ3) is 2.93. The Bertz CT molecular complexity index is 296. The van der Waals surface area contributed by atoms with Crippen LogP contribution in [0.15, 0.2) is 29.2 Å². The zero-order valence-corrected chi connectivity index (χ0v) is 7.34. The van der Waals surface area contributed by atoms with Crippen molar-refractivity contribution in [1.82, 2.24) is 4.98 Å². The number of hydrogen-bond acceptors (Lipinski definition) is 1. The summed E-state index contributed by atoms with van der Waals surface area (Å²) in [6, 6.07) is 3.27. The summed E-state index contributed by atoms with van der Waals surface area (Å²) in [5, 5.41) is 0. The van der Waals surface area contributed by atoms with Crippen molar-refractivity contribution in [2.24, 2.45) is 0 Å². The van der Waals surface area contributed by atoms with Gasteiger partial charge in [0.2, 0.25) is 5.56 Å². The Morgan fingerprint density at radius 2 is 2.33 bits per heavy atom. The number of aromatic nitrogens is 1. The number of H-pyrrole nitrogens is 1. The number of hydrogen-bond donors (Lipinski definition) is 1. The molecule has 0 spiro atoms. The molecule has 0 radical (unpaired) electrons. The largest absolute Gasteiger partial charge is 0.329 e. The standard InChI is InChI=1S/C9H10ClNO/c10-6-2-1-3-8-4-5-9(12)11-7-8/h1,3-5,7H,2,6H2,(H,11,12). The molecule has 0 aromatic carbocycles. The molecule has 1 aromatic rings. The van der Waals surface area contributed by atoms with E-state index in [1.807, 2.05) is 12.2 Å². The van der Waals surface area contributed by atoms with E-state index in [1.165, 1.54) is 6.07 Å². The lowest BCUT2D eigenvalue weighted by atomic mass is 10.2. The van der Waals surface area contributed by atoms with Crippen LogP contribution in [0.1, 0.15) is 12.0 Å². The van der Waals surface area contributed by atoms with Crippen LogP contribution in [0.25, 0.3) is 6.08 Å². The number of halogens is 1. The van der Waals surface area contributed by atoms with Gasteiger partial charge in [-0.05, 0) is 18.1 Å². The molecule has 0 saturated carbocycles. The molecule has 0 saturated heterocycles. The summed E-state index contributed by atoms with van der Waals surface area (Å²) >= 11 is 5.48. The van der Waals surface area contributed by atoms with E-state index in [9.17, 15) is 4.79 Å². The zero-order valence-electron chi connectivity index (χ0n) is 6.59. The van der Waals surface area contributed by atoms with Gasteiger partial charge < -0.3 is 4.98 Å². The van der Waals surface area contributed by atoms with Crippen LogP contribution >= 0.6 is 11.6 Å². The Hall–Kier alpha value is -1.02. The first-order valence-electron chi connectivity index (χ1n) is 3.74. The van der Waals surface area contributed by atoms with Crippen molar-refractivity contribution in [3.05, 3.63) is 40.3 Å². The van der Waals surface area contributed by atoms with Crippen LogP contribution in [0.5, 0.6) is 0 Å². The van der Waals surface area contributed by atoms with Gasteiger partial charge in [-0.15, -0.1) is 11.6 Å². The van der Waals surface area contributed by atoms with E-state index in [2.05, 4.69) is 4.98 Å². The molecule has 0 bridgehead atoms. The maximum Gasteiger partial charge on any atom is 0.247 e. The third-order valence-electron chi connectivity index (χ3n) is 1.39. The molecule has 64 valence electrons. The number of aromatic amines is 1. The molecule has 1 aromatic heterocycles. The number of nitrogens with one attached hydrogen (secondary N) is 1. The zero-order chi connectivity index (χ0) is 8.81. The Balaban J connectivity index is 2.64. The number of pyridine rings is 1. The molecule has 1 N–H and O–H groups in total. The first-order chi connectivity index (χ1) is 5.83. The van der Waals surface area contributed by atoms with Gasteiger partial charge in [-0.25, -0.2) is 0 Å². The van der Waals surface area contributed by atoms with Crippen molar-refractivity contribution in [3.63, 3.8) is 0 Å². The summed E-state index contributed by atoms with van der Waals surface area (Å²) in [5.74, 6) is 0.625. The van der Waals surface area contributed by atoms with Crippen molar-refractivity contribution < 1.29 is 0 Å². The molecule has 0 atom stereocenters. The molecule has 1 heterocycles. The fourth-order valence-electron chi connectivity index (χ4n) is 0.809. The monoisotopic (exact) mass is 183 g/mol. The highest BCUT2D eigenvalue weighted by atomic mass is 35.5. The molecule has 0 amide bonds. The van der Waals surface area contributed by atoms with Gasteiger partial charge in [0.15, 0.2) is 0 Å². The summed E-state index contributed by atoms with van der Waals surface area (Å²) in [5.41, 5.74) is 0.907.